The van der Waals surface area contributed by atoms with Gasteiger partial charge in [0.25, 0.3) is 5.91 Å². The molecule has 7 heteroatoms. The molecular formula is C12H17N3O3S. The molecule has 0 spiro atoms. The zero-order valence-corrected chi connectivity index (χ0v) is 12.2. The summed E-state index contributed by atoms with van der Waals surface area (Å²) in [6.45, 7) is 5.17. The minimum Gasteiger partial charge on any atom is -0.480 e. The van der Waals surface area contributed by atoms with Crippen LogP contribution in [-0.2, 0) is 4.79 Å². The molecule has 1 unspecified atom stereocenters. The number of hydrogen-bond donors (Lipinski definition) is 2. The summed E-state index contributed by atoms with van der Waals surface area (Å²) in [5.41, 5.74) is 0.896. The summed E-state index contributed by atoms with van der Waals surface area (Å²) in [5.74, 6) is -0.910. The predicted molar refractivity (Wildman–Crippen MR) is 72.5 cm³/mol. The van der Waals surface area contributed by atoms with Gasteiger partial charge in [-0.25, -0.2) is 14.8 Å². The molecule has 0 bridgehead atoms. The lowest BCUT2D eigenvalue weighted by Gasteiger charge is -2.15. The summed E-state index contributed by atoms with van der Waals surface area (Å²) in [6, 6.07) is -0.900. The molecule has 1 amide bonds. The van der Waals surface area contributed by atoms with E-state index in [0.29, 0.717) is 28.5 Å². The zero-order chi connectivity index (χ0) is 14.6. The highest BCUT2D eigenvalue weighted by Crippen LogP contribution is 2.20. The third-order valence-electron chi connectivity index (χ3n) is 2.60. The Kier molecular flexibility index (Phi) is 5.29. The topological polar surface area (TPSA) is 92.2 Å². The number of hydrogen-bond acceptors (Lipinski definition) is 5. The third kappa shape index (κ3) is 3.66. The SMILES string of the molecule is CCC(NC(=O)c1c(C)nc(C)nc1SC)C(=O)O. The quantitative estimate of drug-likeness (QED) is 0.627. The van der Waals surface area contributed by atoms with Crippen LogP contribution in [-0.4, -0.2) is 39.2 Å². The number of carbonyl (C=O) groups excluding carboxylic acids is 1. The molecule has 2 N–H and O–H groups in total. The Labute approximate surface area is 116 Å². The molecule has 0 saturated carbocycles. The molecule has 0 radical (unpaired) electrons. The molecule has 19 heavy (non-hydrogen) atoms. The van der Waals surface area contributed by atoms with Crippen molar-refractivity contribution in [3.05, 3.63) is 17.1 Å². The van der Waals surface area contributed by atoms with Gasteiger partial charge in [-0.05, 0) is 26.5 Å². The average Bonchev–Trinajstić information content (AvgIpc) is 2.33. The molecule has 0 fully saturated rings. The van der Waals surface area contributed by atoms with E-state index in [0.717, 1.165) is 0 Å². The molecule has 104 valence electrons. The molecule has 0 aliphatic rings. The minimum absolute atomic E-state index is 0.321. The number of nitrogens with one attached hydrogen (secondary N) is 1. The van der Waals surface area contributed by atoms with Crippen LogP contribution >= 0.6 is 11.8 Å². The highest BCUT2D eigenvalue weighted by atomic mass is 32.2. The Balaban J connectivity index is 3.09. The van der Waals surface area contributed by atoms with Gasteiger partial charge in [-0.1, -0.05) is 6.92 Å². The number of amides is 1. The van der Waals surface area contributed by atoms with Crippen LogP contribution in [0.2, 0.25) is 0 Å². The minimum atomic E-state index is -1.05. The molecule has 0 saturated heterocycles. The Morgan fingerprint density at radius 2 is 2.00 bits per heavy atom. The Morgan fingerprint density at radius 1 is 1.37 bits per heavy atom. The average molecular weight is 283 g/mol. The second-order valence-corrected chi connectivity index (χ2v) is 4.81. The van der Waals surface area contributed by atoms with Gasteiger partial charge in [-0.2, -0.15) is 0 Å². The van der Waals surface area contributed by atoms with Crippen molar-refractivity contribution in [1.29, 1.82) is 0 Å². The molecule has 1 rings (SSSR count). The molecule has 1 atom stereocenters. The maximum Gasteiger partial charge on any atom is 0.326 e. The fourth-order valence-corrected chi connectivity index (χ4v) is 2.33. The van der Waals surface area contributed by atoms with Crippen LogP contribution in [0.4, 0.5) is 0 Å². The van der Waals surface area contributed by atoms with Gasteiger partial charge < -0.3 is 10.4 Å². The number of carboxylic acid groups (broad SMARTS) is 1. The van der Waals surface area contributed by atoms with Crippen molar-refractivity contribution < 1.29 is 14.7 Å². The van der Waals surface area contributed by atoms with E-state index in [1.54, 1.807) is 20.8 Å². The molecule has 0 aliphatic heterocycles. The molecule has 1 aromatic rings. The third-order valence-corrected chi connectivity index (χ3v) is 3.28. The van der Waals surface area contributed by atoms with Crippen LogP contribution in [0.15, 0.2) is 5.03 Å². The Morgan fingerprint density at radius 3 is 2.47 bits per heavy atom. The van der Waals surface area contributed by atoms with Gasteiger partial charge in [0.15, 0.2) is 0 Å². The van der Waals surface area contributed by atoms with Crippen molar-refractivity contribution in [3.8, 4) is 0 Å². The summed E-state index contributed by atoms with van der Waals surface area (Å²) in [6.07, 6.45) is 2.13. The highest BCUT2D eigenvalue weighted by Gasteiger charge is 2.23. The van der Waals surface area contributed by atoms with Gasteiger partial charge in [0.1, 0.15) is 16.9 Å². The number of carbonyl (C=O) groups is 2. The van der Waals surface area contributed by atoms with Crippen molar-refractivity contribution in [1.82, 2.24) is 15.3 Å². The Bertz CT molecular complexity index is 505. The van der Waals surface area contributed by atoms with E-state index in [1.165, 1.54) is 11.8 Å². The number of carboxylic acids is 1. The second kappa shape index (κ2) is 6.51. The first-order chi connectivity index (χ1) is 8.90. The van der Waals surface area contributed by atoms with Crippen LogP contribution in [0.3, 0.4) is 0 Å². The monoisotopic (exact) mass is 283 g/mol. The first-order valence-electron chi connectivity index (χ1n) is 5.83. The van der Waals surface area contributed by atoms with E-state index in [2.05, 4.69) is 15.3 Å². The number of aryl methyl sites for hydroxylation is 2. The lowest BCUT2D eigenvalue weighted by atomic mass is 10.2. The summed E-state index contributed by atoms with van der Waals surface area (Å²) in [5, 5.41) is 12.0. The van der Waals surface area contributed by atoms with Gasteiger partial charge in [0, 0.05) is 0 Å². The lowest BCUT2D eigenvalue weighted by Crippen LogP contribution is -2.40. The van der Waals surface area contributed by atoms with E-state index < -0.39 is 17.9 Å². The van der Waals surface area contributed by atoms with E-state index in [4.69, 9.17) is 5.11 Å². The summed E-state index contributed by atoms with van der Waals surface area (Å²) in [7, 11) is 0. The highest BCUT2D eigenvalue weighted by molar-refractivity contribution is 7.98. The normalized spacial score (nSPS) is 12.0. The first kappa shape index (κ1) is 15.4. The second-order valence-electron chi connectivity index (χ2n) is 4.01. The van der Waals surface area contributed by atoms with Crippen LogP contribution in [0.5, 0.6) is 0 Å². The fraction of sp³-hybridized carbons (Fsp3) is 0.500. The van der Waals surface area contributed by atoms with Crippen LogP contribution in [0, 0.1) is 13.8 Å². The van der Waals surface area contributed by atoms with Gasteiger partial charge >= 0.3 is 5.97 Å². The van der Waals surface area contributed by atoms with Crippen molar-refractivity contribution in [3.63, 3.8) is 0 Å². The van der Waals surface area contributed by atoms with Crippen molar-refractivity contribution in [2.45, 2.75) is 38.3 Å². The largest absolute Gasteiger partial charge is 0.480 e. The zero-order valence-electron chi connectivity index (χ0n) is 11.4. The van der Waals surface area contributed by atoms with Crippen molar-refractivity contribution in [2.24, 2.45) is 0 Å². The number of thioether (sulfide) groups is 1. The fourth-order valence-electron chi connectivity index (χ4n) is 1.66. The maximum atomic E-state index is 12.2. The standard InChI is InChI=1S/C12H17N3O3S/c1-5-8(12(17)18)15-10(16)9-6(2)13-7(3)14-11(9)19-4/h8H,5H2,1-4H3,(H,15,16)(H,17,18). The van der Waals surface area contributed by atoms with Gasteiger partial charge in [-0.3, -0.25) is 4.79 Å². The molecule has 0 aromatic carbocycles. The van der Waals surface area contributed by atoms with Gasteiger partial charge in [0.2, 0.25) is 0 Å². The smallest absolute Gasteiger partial charge is 0.326 e. The summed E-state index contributed by atoms with van der Waals surface area (Å²) in [4.78, 5) is 31.4. The lowest BCUT2D eigenvalue weighted by molar-refractivity contribution is -0.139. The van der Waals surface area contributed by atoms with E-state index in [1.807, 2.05) is 6.26 Å². The van der Waals surface area contributed by atoms with Crippen LogP contribution in [0.1, 0.15) is 35.2 Å². The van der Waals surface area contributed by atoms with Crippen LogP contribution in [0.25, 0.3) is 0 Å². The van der Waals surface area contributed by atoms with E-state index in [-0.39, 0.29) is 0 Å². The number of rotatable bonds is 5. The molecule has 6 nitrogen and oxygen atoms in total. The number of aliphatic carboxylic acids is 1. The molecular weight excluding hydrogens is 266 g/mol. The van der Waals surface area contributed by atoms with Crippen molar-refractivity contribution in [2.75, 3.05) is 6.26 Å². The first-order valence-corrected chi connectivity index (χ1v) is 7.06. The Hall–Kier alpha value is -1.63. The summed E-state index contributed by atoms with van der Waals surface area (Å²) < 4.78 is 0. The molecule has 1 heterocycles. The summed E-state index contributed by atoms with van der Waals surface area (Å²) >= 11 is 1.34. The predicted octanol–water partition coefficient (Wildman–Crippen LogP) is 1.41. The van der Waals surface area contributed by atoms with Crippen molar-refractivity contribution >= 4 is 23.6 Å². The number of aromatic nitrogens is 2. The van der Waals surface area contributed by atoms with Gasteiger partial charge in [-0.15, -0.1) is 11.8 Å². The maximum absolute atomic E-state index is 12.2. The van der Waals surface area contributed by atoms with Crippen LogP contribution < -0.4 is 5.32 Å². The van der Waals surface area contributed by atoms with E-state index >= 15 is 0 Å². The van der Waals surface area contributed by atoms with E-state index in [9.17, 15) is 9.59 Å². The van der Waals surface area contributed by atoms with Gasteiger partial charge in [0.05, 0.1) is 11.3 Å². The number of nitrogens with zero attached hydrogens (tertiary/aromatic N) is 2. The molecule has 1 aromatic heterocycles. The molecule has 0 aliphatic carbocycles.